The minimum absolute atomic E-state index is 0.623. The fourth-order valence-electron chi connectivity index (χ4n) is 1.39. The molecule has 2 N–H and O–H groups in total. The number of aromatic nitrogens is 4. The van der Waals surface area contributed by atoms with Gasteiger partial charge >= 0.3 is 0 Å². The average Bonchev–Trinajstić information content (AvgIpc) is 2.84. The predicted octanol–water partition coefficient (Wildman–Crippen LogP) is 1.46. The van der Waals surface area contributed by atoms with Crippen molar-refractivity contribution < 1.29 is 0 Å². The monoisotopic (exact) mass is 217 g/mol. The van der Waals surface area contributed by atoms with E-state index in [1.165, 1.54) is 6.33 Å². The summed E-state index contributed by atoms with van der Waals surface area (Å²) in [7, 11) is 0. The normalized spacial score (nSPS) is 10.9. The molecule has 3 heterocycles. The van der Waals surface area contributed by atoms with E-state index in [1.807, 2.05) is 11.4 Å². The van der Waals surface area contributed by atoms with Gasteiger partial charge in [-0.05, 0) is 11.4 Å². The number of rotatable bonds is 1. The van der Waals surface area contributed by atoms with Crippen LogP contribution in [0.2, 0.25) is 0 Å². The van der Waals surface area contributed by atoms with E-state index in [2.05, 4.69) is 15.1 Å². The Kier molecular flexibility index (Phi) is 1.69. The Morgan fingerprint density at radius 3 is 3.07 bits per heavy atom. The van der Waals surface area contributed by atoms with Crippen LogP contribution in [0.1, 0.15) is 0 Å². The number of nitrogen functional groups attached to an aromatic ring is 1. The molecule has 0 aliphatic heterocycles. The van der Waals surface area contributed by atoms with E-state index < -0.39 is 0 Å². The molecule has 0 saturated carbocycles. The molecule has 0 saturated heterocycles. The smallest absolute Gasteiger partial charge is 0.174 e. The lowest BCUT2D eigenvalue weighted by Crippen LogP contribution is -1.98. The molecule has 0 atom stereocenters. The van der Waals surface area contributed by atoms with Crippen LogP contribution in [0, 0.1) is 0 Å². The summed E-state index contributed by atoms with van der Waals surface area (Å²) in [5.41, 5.74) is 7.17. The largest absolute Gasteiger partial charge is 0.396 e. The Bertz CT molecular complexity index is 612. The first-order valence-electron chi connectivity index (χ1n) is 4.33. The second kappa shape index (κ2) is 3.03. The number of hydrogen-bond acceptors (Lipinski definition) is 5. The highest BCUT2D eigenvalue weighted by Crippen LogP contribution is 2.23. The molecule has 6 heteroatoms. The van der Waals surface area contributed by atoms with Crippen molar-refractivity contribution in [3.05, 3.63) is 30.2 Å². The molecule has 0 amide bonds. The third kappa shape index (κ3) is 1.26. The molecule has 0 bridgehead atoms. The van der Waals surface area contributed by atoms with Crippen LogP contribution in [0.3, 0.4) is 0 Å². The van der Waals surface area contributed by atoms with Crippen LogP contribution in [-0.4, -0.2) is 19.7 Å². The van der Waals surface area contributed by atoms with Crippen molar-refractivity contribution in [2.24, 2.45) is 0 Å². The quantitative estimate of drug-likeness (QED) is 0.670. The number of nitrogens with two attached hydrogens (primary N) is 1. The molecular formula is C9H7N5S. The lowest BCUT2D eigenvalue weighted by atomic mass is 10.4. The van der Waals surface area contributed by atoms with E-state index in [4.69, 9.17) is 5.73 Å². The molecule has 0 radical (unpaired) electrons. The highest BCUT2D eigenvalue weighted by Gasteiger charge is 2.07. The van der Waals surface area contributed by atoms with E-state index in [1.54, 1.807) is 28.4 Å². The summed E-state index contributed by atoms with van der Waals surface area (Å²) in [6.45, 7) is 0. The second-order valence-electron chi connectivity index (χ2n) is 3.05. The highest BCUT2D eigenvalue weighted by molar-refractivity contribution is 7.17. The summed E-state index contributed by atoms with van der Waals surface area (Å²) >= 11 is 1.59. The summed E-state index contributed by atoms with van der Waals surface area (Å²) in [6, 6.07) is 1.96. The van der Waals surface area contributed by atoms with Crippen molar-refractivity contribution in [1.82, 2.24) is 19.7 Å². The van der Waals surface area contributed by atoms with Crippen molar-refractivity contribution in [2.75, 3.05) is 5.73 Å². The van der Waals surface area contributed by atoms with Crippen molar-refractivity contribution in [3.8, 4) is 5.82 Å². The first-order chi connectivity index (χ1) is 7.34. The van der Waals surface area contributed by atoms with Crippen molar-refractivity contribution >= 4 is 27.2 Å². The van der Waals surface area contributed by atoms with Crippen LogP contribution in [0.15, 0.2) is 30.2 Å². The van der Waals surface area contributed by atoms with Gasteiger partial charge in [-0.15, -0.1) is 11.3 Å². The van der Waals surface area contributed by atoms with Crippen LogP contribution in [-0.2, 0) is 0 Å². The molecular weight excluding hydrogens is 210 g/mol. The molecule has 0 unspecified atom stereocenters. The van der Waals surface area contributed by atoms with Gasteiger partial charge in [-0.25, -0.2) is 14.6 Å². The van der Waals surface area contributed by atoms with Gasteiger partial charge in [0.2, 0.25) is 0 Å². The van der Waals surface area contributed by atoms with Gasteiger partial charge in [-0.2, -0.15) is 5.10 Å². The number of thiophene rings is 1. The first kappa shape index (κ1) is 8.37. The molecule has 0 aliphatic rings. The standard InChI is InChI=1S/C9H7N5S/c10-6-3-13-14(4-6)9-8-7(1-2-15-8)11-5-12-9/h1-5H,10H2. The van der Waals surface area contributed by atoms with Crippen LogP contribution >= 0.6 is 11.3 Å². The van der Waals surface area contributed by atoms with E-state index in [0.29, 0.717) is 5.69 Å². The lowest BCUT2D eigenvalue weighted by Gasteiger charge is -1.99. The van der Waals surface area contributed by atoms with Gasteiger partial charge < -0.3 is 5.73 Å². The van der Waals surface area contributed by atoms with Crippen molar-refractivity contribution in [1.29, 1.82) is 0 Å². The fourth-order valence-corrected chi connectivity index (χ4v) is 2.22. The highest BCUT2D eigenvalue weighted by atomic mass is 32.1. The fraction of sp³-hybridized carbons (Fsp3) is 0. The summed E-state index contributed by atoms with van der Waals surface area (Å²) in [4.78, 5) is 8.37. The van der Waals surface area contributed by atoms with Gasteiger partial charge in [-0.1, -0.05) is 0 Å². The van der Waals surface area contributed by atoms with E-state index in [0.717, 1.165) is 16.0 Å². The Hall–Kier alpha value is -1.95. The predicted molar refractivity (Wildman–Crippen MR) is 58.9 cm³/mol. The van der Waals surface area contributed by atoms with Gasteiger partial charge in [-0.3, -0.25) is 0 Å². The van der Waals surface area contributed by atoms with Gasteiger partial charge in [0, 0.05) is 0 Å². The Morgan fingerprint density at radius 2 is 2.27 bits per heavy atom. The maximum atomic E-state index is 5.61. The van der Waals surface area contributed by atoms with E-state index in [9.17, 15) is 0 Å². The van der Waals surface area contributed by atoms with Crippen LogP contribution in [0.4, 0.5) is 5.69 Å². The van der Waals surface area contributed by atoms with Crippen LogP contribution < -0.4 is 5.73 Å². The zero-order chi connectivity index (χ0) is 10.3. The molecule has 15 heavy (non-hydrogen) atoms. The minimum atomic E-state index is 0.623. The average molecular weight is 217 g/mol. The van der Waals surface area contributed by atoms with Crippen molar-refractivity contribution in [3.63, 3.8) is 0 Å². The number of nitrogens with zero attached hydrogens (tertiary/aromatic N) is 4. The maximum absolute atomic E-state index is 5.61. The molecule has 74 valence electrons. The molecule has 0 fully saturated rings. The zero-order valence-electron chi connectivity index (χ0n) is 7.66. The van der Waals surface area contributed by atoms with Crippen molar-refractivity contribution in [2.45, 2.75) is 0 Å². The van der Waals surface area contributed by atoms with Crippen LogP contribution in [0.25, 0.3) is 16.0 Å². The van der Waals surface area contributed by atoms with Gasteiger partial charge in [0.05, 0.1) is 28.3 Å². The maximum Gasteiger partial charge on any atom is 0.174 e. The first-order valence-corrected chi connectivity index (χ1v) is 5.21. The molecule has 3 aromatic rings. The lowest BCUT2D eigenvalue weighted by molar-refractivity contribution is 0.853. The number of fused-ring (bicyclic) bond motifs is 1. The molecule has 5 nitrogen and oxygen atoms in total. The Balaban J connectivity index is 2.30. The summed E-state index contributed by atoms with van der Waals surface area (Å²) in [5.74, 6) is 0.770. The van der Waals surface area contributed by atoms with E-state index in [-0.39, 0.29) is 0 Å². The Morgan fingerprint density at radius 1 is 1.33 bits per heavy atom. The zero-order valence-corrected chi connectivity index (χ0v) is 8.48. The second-order valence-corrected chi connectivity index (χ2v) is 3.97. The SMILES string of the molecule is Nc1cnn(-c2ncnc3ccsc23)c1. The summed E-state index contributed by atoms with van der Waals surface area (Å²) < 4.78 is 2.68. The van der Waals surface area contributed by atoms with Gasteiger partial charge in [0.15, 0.2) is 5.82 Å². The molecule has 0 spiro atoms. The Labute approximate surface area is 89.2 Å². The minimum Gasteiger partial charge on any atom is -0.396 e. The number of anilines is 1. The molecule has 0 aliphatic carbocycles. The van der Waals surface area contributed by atoms with Gasteiger partial charge in [0.1, 0.15) is 6.33 Å². The third-order valence-corrected chi connectivity index (χ3v) is 2.94. The van der Waals surface area contributed by atoms with Gasteiger partial charge in [0.25, 0.3) is 0 Å². The van der Waals surface area contributed by atoms with E-state index >= 15 is 0 Å². The molecule has 0 aromatic carbocycles. The molecule has 3 aromatic heterocycles. The summed E-state index contributed by atoms with van der Waals surface area (Å²) in [6.07, 6.45) is 4.87. The van der Waals surface area contributed by atoms with Crippen LogP contribution in [0.5, 0.6) is 0 Å². The third-order valence-electron chi connectivity index (χ3n) is 2.04. The summed E-state index contributed by atoms with van der Waals surface area (Å²) in [5, 5.41) is 6.11. The molecule has 3 rings (SSSR count). The number of hydrogen-bond donors (Lipinski definition) is 1. The topological polar surface area (TPSA) is 69.6 Å².